The molecule has 3 N–H and O–H groups in total. The van der Waals surface area contributed by atoms with E-state index in [1.54, 1.807) is 13.3 Å². The van der Waals surface area contributed by atoms with Crippen LogP contribution in [0.3, 0.4) is 0 Å². The lowest BCUT2D eigenvalue weighted by atomic mass is 10.1. The topological polar surface area (TPSA) is 117 Å². The minimum atomic E-state index is 0.622. The van der Waals surface area contributed by atoms with Crippen molar-refractivity contribution in [2.45, 2.75) is 13.5 Å². The van der Waals surface area contributed by atoms with Crippen LogP contribution < -0.4 is 10.1 Å². The van der Waals surface area contributed by atoms with E-state index in [9.17, 15) is 0 Å². The van der Waals surface area contributed by atoms with Crippen molar-refractivity contribution in [3.05, 3.63) is 72.8 Å². The van der Waals surface area contributed by atoms with Gasteiger partial charge in [-0.25, -0.2) is 9.97 Å². The van der Waals surface area contributed by atoms with E-state index in [0.717, 1.165) is 68.9 Å². The average Bonchev–Trinajstić information content (AvgIpc) is 3.55. The third-order valence-corrected chi connectivity index (χ3v) is 6.08. The van der Waals surface area contributed by atoms with E-state index in [0.29, 0.717) is 11.5 Å². The average molecular weight is 477 g/mol. The van der Waals surface area contributed by atoms with Gasteiger partial charge in [-0.05, 0) is 48.0 Å². The van der Waals surface area contributed by atoms with Crippen molar-refractivity contribution in [1.82, 2.24) is 40.4 Å². The van der Waals surface area contributed by atoms with Gasteiger partial charge in [0.25, 0.3) is 0 Å². The molecule has 0 saturated heterocycles. The standard InChI is InChI=1S/C27H24N8O/c1-3-28-11-16-9-18(13-29-12-16)21-7-8-22-25(31-21)26(35-34-22)27-32-23-15-30-14-20(24(23)33-27)17-5-4-6-19(10-17)36-2/h4-10,12-15,28H,3,11H2,1-2H3,(H,32,33)(H,34,35). The Morgan fingerprint density at radius 1 is 0.889 bits per heavy atom. The number of nitrogens with zero attached hydrogens (tertiary/aromatic N) is 5. The van der Waals surface area contributed by atoms with Gasteiger partial charge < -0.3 is 15.0 Å². The highest BCUT2D eigenvalue weighted by atomic mass is 16.5. The Kier molecular flexibility index (Phi) is 5.59. The first-order valence-electron chi connectivity index (χ1n) is 11.7. The molecule has 36 heavy (non-hydrogen) atoms. The maximum Gasteiger partial charge on any atom is 0.161 e. The minimum Gasteiger partial charge on any atom is -0.497 e. The molecule has 6 aromatic rings. The molecule has 0 radical (unpaired) electrons. The molecule has 0 atom stereocenters. The summed E-state index contributed by atoms with van der Waals surface area (Å²) in [6, 6.07) is 13.9. The Morgan fingerprint density at radius 3 is 2.69 bits per heavy atom. The van der Waals surface area contributed by atoms with Crippen molar-refractivity contribution in [3.63, 3.8) is 0 Å². The van der Waals surface area contributed by atoms with Gasteiger partial charge in [-0.15, -0.1) is 0 Å². The second-order valence-corrected chi connectivity index (χ2v) is 8.43. The highest BCUT2D eigenvalue weighted by Crippen LogP contribution is 2.32. The second-order valence-electron chi connectivity index (χ2n) is 8.43. The van der Waals surface area contributed by atoms with Crippen LogP contribution in [0.2, 0.25) is 0 Å². The van der Waals surface area contributed by atoms with Gasteiger partial charge in [0.2, 0.25) is 0 Å². The summed E-state index contributed by atoms with van der Waals surface area (Å²) in [6.45, 7) is 3.75. The number of hydrogen-bond acceptors (Lipinski definition) is 7. The van der Waals surface area contributed by atoms with Gasteiger partial charge in [0.05, 0.1) is 35.6 Å². The molecule has 1 aromatic carbocycles. The Hall–Kier alpha value is -4.63. The van der Waals surface area contributed by atoms with Crippen molar-refractivity contribution in [1.29, 1.82) is 0 Å². The quantitative estimate of drug-likeness (QED) is 0.304. The largest absolute Gasteiger partial charge is 0.497 e. The van der Waals surface area contributed by atoms with Crippen LogP contribution in [0, 0.1) is 0 Å². The fourth-order valence-electron chi connectivity index (χ4n) is 4.27. The maximum absolute atomic E-state index is 5.40. The highest BCUT2D eigenvalue weighted by Gasteiger charge is 2.17. The zero-order valence-corrected chi connectivity index (χ0v) is 19.9. The first kappa shape index (κ1) is 21.9. The smallest absolute Gasteiger partial charge is 0.161 e. The first-order valence-corrected chi connectivity index (χ1v) is 11.7. The van der Waals surface area contributed by atoms with E-state index >= 15 is 0 Å². The molecule has 0 bridgehead atoms. The van der Waals surface area contributed by atoms with Crippen molar-refractivity contribution in [2.75, 3.05) is 13.7 Å². The Morgan fingerprint density at radius 2 is 1.81 bits per heavy atom. The number of fused-ring (bicyclic) bond motifs is 2. The monoisotopic (exact) mass is 476 g/mol. The van der Waals surface area contributed by atoms with Crippen LogP contribution in [0.15, 0.2) is 67.3 Å². The SMILES string of the molecule is CCNCc1cncc(-c2ccc3[nH]nc(-c4nc5c(-c6cccc(OC)c6)cncc5[nH]4)c3n2)c1. The van der Waals surface area contributed by atoms with Crippen LogP contribution in [0.25, 0.3) is 56.0 Å². The van der Waals surface area contributed by atoms with E-state index in [1.807, 2.05) is 55.0 Å². The summed E-state index contributed by atoms with van der Waals surface area (Å²) in [4.78, 5) is 22.0. The van der Waals surface area contributed by atoms with E-state index < -0.39 is 0 Å². The highest BCUT2D eigenvalue weighted by molar-refractivity contribution is 5.95. The Balaban J connectivity index is 1.43. The Bertz CT molecular complexity index is 1690. The summed E-state index contributed by atoms with van der Waals surface area (Å²) in [5.41, 5.74) is 8.61. The molecule has 0 amide bonds. The lowest BCUT2D eigenvalue weighted by Gasteiger charge is -2.05. The van der Waals surface area contributed by atoms with Crippen LogP contribution in [0.5, 0.6) is 5.75 Å². The number of H-pyrrole nitrogens is 2. The van der Waals surface area contributed by atoms with Crippen LogP contribution in [-0.4, -0.2) is 48.8 Å². The van der Waals surface area contributed by atoms with E-state index in [2.05, 4.69) is 43.5 Å². The summed E-state index contributed by atoms with van der Waals surface area (Å²) in [7, 11) is 1.66. The molecule has 0 aliphatic heterocycles. The van der Waals surface area contributed by atoms with E-state index in [1.165, 1.54) is 0 Å². The van der Waals surface area contributed by atoms with Crippen molar-refractivity contribution >= 4 is 22.1 Å². The third-order valence-electron chi connectivity index (χ3n) is 6.08. The lowest BCUT2D eigenvalue weighted by Crippen LogP contribution is -2.11. The molecular weight excluding hydrogens is 452 g/mol. The maximum atomic E-state index is 5.40. The molecule has 0 aliphatic rings. The summed E-state index contributed by atoms with van der Waals surface area (Å²) >= 11 is 0. The number of aromatic nitrogens is 7. The van der Waals surface area contributed by atoms with E-state index in [4.69, 9.17) is 14.7 Å². The summed E-state index contributed by atoms with van der Waals surface area (Å²) in [6.07, 6.45) is 7.28. The van der Waals surface area contributed by atoms with Gasteiger partial charge in [0, 0.05) is 36.3 Å². The minimum absolute atomic E-state index is 0.622. The molecule has 9 nitrogen and oxygen atoms in total. The molecule has 0 unspecified atom stereocenters. The van der Waals surface area contributed by atoms with Crippen molar-refractivity contribution in [3.8, 4) is 39.7 Å². The lowest BCUT2D eigenvalue weighted by molar-refractivity contribution is 0.415. The third kappa shape index (κ3) is 3.95. The molecule has 0 saturated carbocycles. The molecule has 0 fully saturated rings. The fraction of sp³-hybridized carbons (Fsp3) is 0.148. The number of aromatic amines is 2. The molecule has 178 valence electrons. The number of ether oxygens (including phenoxy) is 1. The van der Waals surface area contributed by atoms with Gasteiger partial charge >= 0.3 is 0 Å². The summed E-state index contributed by atoms with van der Waals surface area (Å²) in [5, 5.41) is 11.0. The zero-order chi connectivity index (χ0) is 24.5. The molecule has 5 aromatic heterocycles. The van der Waals surface area contributed by atoms with Gasteiger partial charge in [-0.2, -0.15) is 5.10 Å². The fourth-order valence-corrected chi connectivity index (χ4v) is 4.27. The number of nitrogens with one attached hydrogen (secondary N) is 3. The summed E-state index contributed by atoms with van der Waals surface area (Å²) in [5.74, 6) is 1.40. The van der Waals surface area contributed by atoms with Crippen LogP contribution in [-0.2, 0) is 6.54 Å². The van der Waals surface area contributed by atoms with Gasteiger partial charge in [-0.3, -0.25) is 15.1 Å². The number of rotatable bonds is 7. The molecule has 6 rings (SSSR count). The van der Waals surface area contributed by atoms with Crippen LogP contribution in [0.4, 0.5) is 0 Å². The van der Waals surface area contributed by atoms with Gasteiger partial charge in [-0.1, -0.05) is 19.1 Å². The predicted molar refractivity (Wildman–Crippen MR) is 139 cm³/mol. The molecule has 0 spiro atoms. The number of hydrogen-bond donors (Lipinski definition) is 3. The molecule has 9 heteroatoms. The second kappa shape index (κ2) is 9.20. The predicted octanol–water partition coefficient (Wildman–Crippen LogP) is 4.74. The number of methoxy groups -OCH3 is 1. The zero-order valence-electron chi connectivity index (χ0n) is 19.9. The first-order chi connectivity index (χ1) is 17.7. The van der Waals surface area contributed by atoms with Gasteiger partial charge in [0.15, 0.2) is 11.5 Å². The van der Waals surface area contributed by atoms with Crippen molar-refractivity contribution < 1.29 is 4.74 Å². The van der Waals surface area contributed by atoms with Crippen LogP contribution >= 0.6 is 0 Å². The number of imidazole rings is 1. The Labute approximate surface area is 207 Å². The molecule has 5 heterocycles. The van der Waals surface area contributed by atoms with Crippen molar-refractivity contribution in [2.24, 2.45) is 0 Å². The normalized spacial score (nSPS) is 11.4. The van der Waals surface area contributed by atoms with Crippen LogP contribution in [0.1, 0.15) is 12.5 Å². The van der Waals surface area contributed by atoms with E-state index in [-0.39, 0.29) is 0 Å². The number of pyridine rings is 3. The molecular formula is C27H24N8O. The summed E-state index contributed by atoms with van der Waals surface area (Å²) < 4.78 is 5.40. The van der Waals surface area contributed by atoms with Gasteiger partial charge in [0.1, 0.15) is 11.3 Å². The number of benzene rings is 1. The molecule has 0 aliphatic carbocycles.